The summed E-state index contributed by atoms with van der Waals surface area (Å²) in [5.41, 5.74) is 21.3. The van der Waals surface area contributed by atoms with E-state index in [9.17, 15) is 0 Å². The lowest BCUT2D eigenvalue weighted by Crippen LogP contribution is -2.61. The minimum Gasteiger partial charge on any atom is -0.334 e. The number of hydrogen-bond acceptors (Lipinski definition) is 4. The zero-order valence-electron chi connectivity index (χ0n) is 46.1. The highest BCUT2D eigenvalue weighted by Crippen LogP contribution is 2.62. The number of anilines is 8. The van der Waals surface area contributed by atoms with E-state index in [2.05, 4.69) is 248 Å². The third-order valence-electron chi connectivity index (χ3n) is 17.6. The molecule has 71 heavy (non-hydrogen) atoms. The van der Waals surface area contributed by atoms with Crippen molar-refractivity contribution < 1.29 is 0 Å². The maximum atomic E-state index is 2.83. The van der Waals surface area contributed by atoms with Gasteiger partial charge < -0.3 is 14.7 Å². The third kappa shape index (κ3) is 7.39. The van der Waals surface area contributed by atoms with Gasteiger partial charge in [0.05, 0.1) is 11.2 Å². The van der Waals surface area contributed by atoms with E-state index in [1.54, 1.807) is 0 Å². The molecule has 4 aliphatic rings. The number of rotatable bonds is 3. The summed E-state index contributed by atoms with van der Waals surface area (Å²) in [6.07, 6.45) is 4.81. The Morgan fingerprint density at radius 2 is 0.915 bits per heavy atom. The van der Waals surface area contributed by atoms with E-state index >= 15 is 0 Å². The zero-order chi connectivity index (χ0) is 50.7. The van der Waals surface area contributed by atoms with Crippen molar-refractivity contribution in [1.82, 2.24) is 0 Å². The molecule has 0 amide bonds. The van der Waals surface area contributed by atoms with Gasteiger partial charge in [0.2, 0.25) is 0 Å². The summed E-state index contributed by atoms with van der Waals surface area (Å²) in [6, 6.07) is 46.7. The molecule has 0 N–H and O–H groups in total. The molecule has 2 unspecified atom stereocenters. The second-order valence-corrected chi connectivity index (χ2v) is 28.6. The Morgan fingerprint density at radius 1 is 0.451 bits per heavy atom. The molecule has 1 saturated carbocycles. The van der Waals surface area contributed by atoms with Gasteiger partial charge >= 0.3 is 0 Å². The summed E-state index contributed by atoms with van der Waals surface area (Å²) in [4.78, 5) is 8.18. The lowest BCUT2D eigenvalue weighted by molar-refractivity contribution is 0.195. The molecule has 6 aromatic carbocycles. The van der Waals surface area contributed by atoms with Crippen LogP contribution in [0.3, 0.4) is 0 Å². The van der Waals surface area contributed by atoms with Crippen LogP contribution in [-0.4, -0.2) is 12.3 Å². The highest BCUT2D eigenvalue weighted by atomic mass is 32.1. The monoisotopic (exact) mass is 956 g/mol. The van der Waals surface area contributed by atoms with E-state index in [4.69, 9.17) is 0 Å². The molecule has 1 aliphatic carbocycles. The molecule has 11 rings (SSSR count). The Hall–Kier alpha value is -5.26. The number of fused-ring (bicyclic) bond motifs is 9. The predicted molar refractivity (Wildman–Crippen MR) is 312 cm³/mol. The van der Waals surface area contributed by atoms with Gasteiger partial charge in [-0.05, 0) is 152 Å². The minimum atomic E-state index is -0.131. The molecular formula is C66H78BN3S. The van der Waals surface area contributed by atoms with Crippen LogP contribution in [0.5, 0.6) is 0 Å². The van der Waals surface area contributed by atoms with Gasteiger partial charge in [0.15, 0.2) is 0 Å². The number of thiophene rings is 1. The first-order chi connectivity index (χ1) is 33.1. The Balaban J connectivity index is 1.29. The fourth-order valence-corrected chi connectivity index (χ4v) is 14.2. The lowest BCUT2D eigenvalue weighted by atomic mass is 9.36. The summed E-state index contributed by atoms with van der Waals surface area (Å²) in [5.74, 6) is 0. The highest BCUT2D eigenvalue weighted by molar-refractivity contribution is 7.33. The summed E-state index contributed by atoms with van der Waals surface area (Å²) < 4.78 is 2.77. The molecule has 1 aromatic heterocycles. The quantitative estimate of drug-likeness (QED) is 0.163. The average molecular weight is 956 g/mol. The minimum absolute atomic E-state index is 0.00467. The Labute approximate surface area is 431 Å². The summed E-state index contributed by atoms with van der Waals surface area (Å²) >= 11 is 2.01. The highest BCUT2D eigenvalue weighted by Gasteiger charge is 2.58. The van der Waals surface area contributed by atoms with Crippen LogP contribution in [0.4, 0.5) is 45.5 Å². The molecule has 5 heteroatoms. The van der Waals surface area contributed by atoms with Crippen molar-refractivity contribution in [1.29, 1.82) is 0 Å². The third-order valence-corrected chi connectivity index (χ3v) is 18.8. The second kappa shape index (κ2) is 15.6. The van der Waals surface area contributed by atoms with Crippen molar-refractivity contribution in [2.24, 2.45) is 0 Å². The molecule has 2 atom stereocenters. The molecule has 0 bridgehead atoms. The normalized spacial score (nSPS) is 20.0. The standard InChI is InChI=1S/C66H78BN3S/c1-60(2,3)41-20-27-46(28-21-41)68-53-32-25-45(64(13,14)15)38-51(53)67-57-54(68)39-48(70-52-31-24-44(63(10,11)12)37-50(52)65(16)34-18-19-35-66(65,70)17)40-55(57)69(47-29-22-42(23-30-47)61(4,5)6)58-49-36-43(62(7,8)9)26-33-56(49)71-59(58)67/h20-33,36-40H,18-19,34-35H2,1-17H3. The van der Waals surface area contributed by atoms with Crippen molar-refractivity contribution >= 4 is 89.3 Å². The van der Waals surface area contributed by atoms with Gasteiger partial charge in [-0.25, -0.2) is 0 Å². The van der Waals surface area contributed by atoms with Gasteiger partial charge in [-0.3, -0.25) is 0 Å². The molecule has 0 spiro atoms. The average Bonchev–Trinajstić information content (AvgIpc) is 3.76. The fraction of sp³-hybridized carbons (Fsp3) is 0.424. The SMILES string of the molecule is CC(C)(C)c1ccc(N2c3ccc(C(C)(C)C)cc3B3c4sc5ccc(C(C)(C)C)cc5c4N(c4ccc(C(C)(C)C)cc4)c4cc(N5c6ccc(C(C)(C)C)cc6C6(C)CCCCC56C)cc2c43)cc1. The summed E-state index contributed by atoms with van der Waals surface area (Å²) in [7, 11) is 0. The van der Waals surface area contributed by atoms with E-state index in [0.717, 1.165) is 6.42 Å². The van der Waals surface area contributed by atoms with Crippen molar-refractivity contribution in [2.75, 3.05) is 14.7 Å². The lowest BCUT2D eigenvalue weighted by Gasteiger charge is -2.51. The molecule has 3 nitrogen and oxygen atoms in total. The molecule has 0 radical (unpaired) electrons. The van der Waals surface area contributed by atoms with E-state index < -0.39 is 0 Å². The van der Waals surface area contributed by atoms with Crippen molar-refractivity contribution in [3.05, 3.63) is 149 Å². The van der Waals surface area contributed by atoms with E-state index in [0.29, 0.717) is 0 Å². The topological polar surface area (TPSA) is 9.72 Å². The molecular weight excluding hydrogens is 878 g/mol. The van der Waals surface area contributed by atoms with Gasteiger partial charge in [-0.1, -0.05) is 178 Å². The van der Waals surface area contributed by atoms with Crippen LogP contribution in [0, 0.1) is 0 Å². The Bertz CT molecular complexity index is 3270. The van der Waals surface area contributed by atoms with Crippen LogP contribution in [0.2, 0.25) is 0 Å². The van der Waals surface area contributed by atoms with E-state index in [1.807, 2.05) is 11.3 Å². The van der Waals surface area contributed by atoms with Crippen LogP contribution in [0.25, 0.3) is 10.1 Å². The van der Waals surface area contributed by atoms with Gasteiger partial charge in [-0.2, -0.15) is 0 Å². The second-order valence-electron chi connectivity index (χ2n) is 27.5. The molecule has 0 saturated heterocycles. The first-order valence-corrected chi connectivity index (χ1v) is 27.6. The number of nitrogens with zero attached hydrogens (tertiary/aromatic N) is 3. The fourth-order valence-electron chi connectivity index (χ4n) is 12.9. The van der Waals surface area contributed by atoms with E-state index in [1.165, 1.54) is 124 Å². The maximum Gasteiger partial charge on any atom is 0.264 e. The zero-order valence-corrected chi connectivity index (χ0v) is 46.9. The Morgan fingerprint density at radius 3 is 1.48 bits per heavy atom. The smallest absolute Gasteiger partial charge is 0.264 e. The Kier molecular flexibility index (Phi) is 10.6. The van der Waals surface area contributed by atoms with Crippen LogP contribution in [0.1, 0.15) is 177 Å². The molecule has 1 fully saturated rings. The van der Waals surface area contributed by atoms with Crippen LogP contribution in [-0.2, 0) is 32.5 Å². The largest absolute Gasteiger partial charge is 0.334 e. The summed E-state index contributed by atoms with van der Waals surface area (Å²) in [5, 5.41) is 1.34. The van der Waals surface area contributed by atoms with Gasteiger partial charge in [0, 0.05) is 60.1 Å². The van der Waals surface area contributed by atoms with Crippen LogP contribution in [0.15, 0.2) is 115 Å². The van der Waals surface area contributed by atoms with Crippen LogP contribution < -0.4 is 30.4 Å². The molecule has 3 aliphatic heterocycles. The van der Waals surface area contributed by atoms with Crippen molar-refractivity contribution in [3.8, 4) is 0 Å². The summed E-state index contributed by atoms with van der Waals surface area (Å²) in [6.45, 7) is 40.5. The van der Waals surface area contributed by atoms with Gasteiger partial charge in [0.1, 0.15) is 0 Å². The number of benzene rings is 6. The molecule has 4 heterocycles. The van der Waals surface area contributed by atoms with Crippen molar-refractivity contribution in [2.45, 2.75) is 181 Å². The molecule has 7 aromatic rings. The maximum absolute atomic E-state index is 2.83. The van der Waals surface area contributed by atoms with E-state index in [-0.39, 0.29) is 44.7 Å². The van der Waals surface area contributed by atoms with Crippen molar-refractivity contribution in [3.63, 3.8) is 0 Å². The van der Waals surface area contributed by atoms with Gasteiger partial charge in [0.25, 0.3) is 6.71 Å². The number of hydrogen-bond donors (Lipinski definition) is 0. The first-order valence-electron chi connectivity index (χ1n) is 26.8. The predicted octanol–water partition coefficient (Wildman–Crippen LogP) is 17.2. The van der Waals surface area contributed by atoms with Gasteiger partial charge in [-0.15, -0.1) is 11.3 Å². The van der Waals surface area contributed by atoms with Crippen LogP contribution >= 0.6 is 11.3 Å². The molecule has 366 valence electrons. The first kappa shape index (κ1) is 48.0.